The molecule has 129 valence electrons. The summed E-state index contributed by atoms with van der Waals surface area (Å²) in [6, 6.07) is 0. The molecule has 3 rings (SSSR count). The van der Waals surface area contributed by atoms with Gasteiger partial charge in [0, 0.05) is 0 Å². The predicted octanol–water partition coefficient (Wildman–Crippen LogP) is 7.86. The first-order valence-corrected chi connectivity index (χ1v) is 16.1. The van der Waals surface area contributed by atoms with E-state index in [-0.39, 0.29) is 0 Å². The SMILES string of the molecule is CC1=C(C)C(C)=C(C2=C(C)C(C)=C(C)C2)C1.[Cl][Zr]([Cl])[C]1=CC=CC1. The van der Waals surface area contributed by atoms with Crippen molar-refractivity contribution < 1.29 is 19.4 Å². The summed E-state index contributed by atoms with van der Waals surface area (Å²) in [6.07, 6.45) is 9.48. The van der Waals surface area contributed by atoms with E-state index in [0.717, 1.165) is 6.42 Å². The molecule has 0 atom stereocenters. The summed E-state index contributed by atoms with van der Waals surface area (Å²) in [7, 11) is 11.5. The van der Waals surface area contributed by atoms with Crippen LogP contribution >= 0.6 is 17.0 Å². The van der Waals surface area contributed by atoms with Crippen molar-refractivity contribution in [2.45, 2.75) is 60.8 Å². The van der Waals surface area contributed by atoms with Gasteiger partial charge in [-0.2, -0.15) is 0 Å². The van der Waals surface area contributed by atoms with Crippen LogP contribution < -0.4 is 0 Å². The zero-order valence-corrected chi connectivity index (χ0v) is 19.6. The predicted molar refractivity (Wildman–Crippen MR) is 105 cm³/mol. The Kier molecular flexibility index (Phi) is 7.18. The van der Waals surface area contributed by atoms with Crippen LogP contribution in [-0.4, -0.2) is 0 Å². The van der Waals surface area contributed by atoms with Crippen molar-refractivity contribution >= 4 is 17.0 Å². The van der Waals surface area contributed by atoms with E-state index >= 15 is 0 Å². The zero-order valence-electron chi connectivity index (χ0n) is 15.6. The summed E-state index contributed by atoms with van der Waals surface area (Å²) in [4.78, 5) is 0. The van der Waals surface area contributed by atoms with Crippen molar-refractivity contribution in [2.75, 3.05) is 0 Å². The van der Waals surface area contributed by atoms with E-state index in [1.54, 1.807) is 22.3 Å². The summed E-state index contributed by atoms with van der Waals surface area (Å²) in [5, 5.41) is 0. The van der Waals surface area contributed by atoms with Gasteiger partial charge in [-0.1, -0.05) is 11.1 Å². The van der Waals surface area contributed by atoms with Crippen LogP contribution in [0.2, 0.25) is 0 Å². The summed E-state index contributed by atoms with van der Waals surface area (Å²) in [5.74, 6) is 0. The first kappa shape index (κ1) is 20.2. The second kappa shape index (κ2) is 8.52. The van der Waals surface area contributed by atoms with Gasteiger partial charge in [-0.15, -0.1) is 0 Å². The van der Waals surface area contributed by atoms with Crippen molar-refractivity contribution in [3.63, 3.8) is 0 Å². The molecule has 0 unspecified atom stereocenters. The fraction of sp³-hybridized carbons (Fsp3) is 0.429. The standard InChI is InChI=1S/C16H22.C5H5.2ClH.Zr/c1-9-7-15(13(5)11(9)3)16-8-10(2)12(4)14(16)6;1-2-4-5-3-1;;;/h7-8H2,1-6H3;1-3H,4H2;2*1H;/q;;;;+2/p-2. The summed E-state index contributed by atoms with van der Waals surface area (Å²) in [5.41, 5.74) is 12.4. The fourth-order valence-corrected chi connectivity index (χ4v) is 6.28. The van der Waals surface area contributed by atoms with Gasteiger partial charge in [-0.25, -0.2) is 0 Å². The molecule has 24 heavy (non-hydrogen) atoms. The second-order valence-corrected chi connectivity index (χ2v) is 15.4. The van der Waals surface area contributed by atoms with Crippen molar-refractivity contribution in [2.24, 2.45) is 0 Å². The number of hydrogen-bond acceptors (Lipinski definition) is 0. The monoisotopic (exact) mass is 439 g/mol. The maximum atomic E-state index is 5.74. The molecule has 0 heterocycles. The molecular weight excluding hydrogens is 414 g/mol. The Morgan fingerprint density at radius 3 is 1.42 bits per heavy atom. The molecule has 0 aliphatic heterocycles. The Hall–Kier alpha value is -0.0969. The number of halogens is 2. The van der Waals surface area contributed by atoms with Crippen molar-refractivity contribution in [3.05, 3.63) is 66.1 Å². The molecule has 0 aromatic heterocycles. The molecule has 0 spiro atoms. The zero-order chi connectivity index (χ0) is 18.0. The van der Waals surface area contributed by atoms with E-state index in [2.05, 4.69) is 47.6 Å². The van der Waals surface area contributed by atoms with Gasteiger partial charge in [0.25, 0.3) is 0 Å². The molecule has 0 saturated carbocycles. The average Bonchev–Trinajstić information content (AvgIpc) is 3.22. The van der Waals surface area contributed by atoms with Crippen LogP contribution in [0.25, 0.3) is 0 Å². The second-order valence-electron chi connectivity index (χ2n) is 6.96. The third-order valence-corrected chi connectivity index (χ3v) is 10.5. The maximum absolute atomic E-state index is 5.74. The van der Waals surface area contributed by atoms with E-state index in [1.807, 2.05) is 12.2 Å². The van der Waals surface area contributed by atoms with Gasteiger partial charge in [-0.05, 0) is 87.8 Å². The van der Waals surface area contributed by atoms with Gasteiger partial charge in [0.15, 0.2) is 0 Å². The van der Waals surface area contributed by atoms with Crippen LogP contribution in [0.1, 0.15) is 60.8 Å². The normalized spacial score (nSPS) is 20.2. The molecule has 0 nitrogen and oxygen atoms in total. The van der Waals surface area contributed by atoms with E-state index in [0.29, 0.717) is 0 Å². The van der Waals surface area contributed by atoms with Crippen molar-refractivity contribution in [3.8, 4) is 0 Å². The molecule has 0 aromatic rings. The molecule has 3 heteroatoms. The minimum absolute atomic E-state index is 1.00. The van der Waals surface area contributed by atoms with Crippen LogP contribution in [0.4, 0.5) is 0 Å². The Morgan fingerprint density at radius 1 is 0.750 bits per heavy atom. The Balaban J connectivity index is 0.000000219. The fourth-order valence-electron chi connectivity index (χ4n) is 3.41. The van der Waals surface area contributed by atoms with Crippen LogP contribution in [-0.2, 0) is 19.4 Å². The number of rotatable bonds is 2. The van der Waals surface area contributed by atoms with Crippen molar-refractivity contribution in [1.82, 2.24) is 0 Å². The molecule has 0 N–H and O–H groups in total. The molecular formula is C21H27Cl2Zr. The Morgan fingerprint density at radius 2 is 1.21 bits per heavy atom. The Bertz CT molecular complexity index is 679. The third-order valence-electron chi connectivity index (χ3n) is 5.57. The molecule has 3 aliphatic rings. The molecule has 0 amide bonds. The van der Waals surface area contributed by atoms with Gasteiger partial charge >= 0.3 is 64.3 Å². The van der Waals surface area contributed by atoms with Gasteiger partial charge in [0.05, 0.1) is 0 Å². The number of allylic oxidation sites excluding steroid dienone is 12. The molecule has 0 saturated heterocycles. The minimum atomic E-state index is -1.96. The van der Waals surface area contributed by atoms with Crippen LogP contribution in [0.5, 0.6) is 0 Å². The molecule has 0 aromatic carbocycles. The van der Waals surface area contributed by atoms with Gasteiger partial charge in [-0.3, -0.25) is 0 Å². The van der Waals surface area contributed by atoms with Gasteiger partial charge < -0.3 is 0 Å². The molecule has 0 radical (unpaired) electrons. The number of hydrogen-bond donors (Lipinski definition) is 0. The van der Waals surface area contributed by atoms with Gasteiger partial charge in [0.1, 0.15) is 0 Å². The van der Waals surface area contributed by atoms with Crippen LogP contribution in [0.3, 0.4) is 0 Å². The topological polar surface area (TPSA) is 0 Å². The van der Waals surface area contributed by atoms with Crippen molar-refractivity contribution in [1.29, 1.82) is 0 Å². The molecule has 3 aliphatic carbocycles. The summed E-state index contributed by atoms with van der Waals surface area (Å²) < 4.78 is 1.29. The van der Waals surface area contributed by atoms with E-state index in [1.165, 1.54) is 38.4 Å². The van der Waals surface area contributed by atoms with Crippen LogP contribution in [0.15, 0.2) is 66.1 Å². The quantitative estimate of drug-likeness (QED) is 0.409. The van der Waals surface area contributed by atoms with E-state index in [9.17, 15) is 0 Å². The Labute approximate surface area is 162 Å². The molecule has 0 fully saturated rings. The molecule has 0 bridgehead atoms. The average molecular weight is 442 g/mol. The summed E-state index contributed by atoms with van der Waals surface area (Å²) in [6.45, 7) is 13.6. The van der Waals surface area contributed by atoms with Crippen LogP contribution in [0, 0.1) is 0 Å². The van der Waals surface area contributed by atoms with Gasteiger partial charge in [0.2, 0.25) is 0 Å². The summed E-state index contributed by atoms with van der Waals surface area (Å²) >= 11 is -1.96. The van der Waals surface area contributed by atoms with E-state index in [4.69, 9.17) is 17.0 Å². The third kappa shape index (κ3) is 4.35. The first-order chi connectivity index (χ1) is 11.2. The van der Waals surface area contributed by atoms with E-state index < -0.39 is 19.4 Å². The first-order valence-electron chi connectivity index (χ1n) is 8.51.